The van der Waals surface area contributed by atoms with Gasteiger partial charge in [-0.3, -0.25) is 9.79 Å². The van der Waals surface area contributed by atoms with Gasteiger partial charge in [-0.1, -0.05) is 17.7 Å². The Kier molecular flexibility index (Phi) is 4.88. The molecule has 1 N–H and O–H groups in total. The molecule has 1 aromatic carbocycles. The zero-order chi connectivity index (χ0) is 19.9. The van der Waals surface area contributed by atoms with Crippen molar-refractivity contribution in [3.05, 3.63) is 62.2 Å². The number of alkyl halides is 3. The molecule has 0 saturated heterocycles. The Bertz CT molecular complexity index is 972. The summed E-state index contributed by atoms with van der Waals surface area (Å²) in [4.78, 5) is 23.1. The summed E-state index contributed by atoms with van der Waals surface area (Å²) in [5.41, 5.74) is 0.694. The molecule has 28 heavy (non-hydrogen) atoms. The number of carbonyl (C=O) groups excluding carboxylic acids is 1. The lowest BCUT2D eigenvalue weighted by Gasteiger charge is -2.34. The van der Waals surface area contributed by atoms with E-state index in [1.54, 1.807) is 12.5 Å². The van der Waals surface area contributed by atoms with Crippen LogP contribution in [0.1, 0.15) is 33.4 Å². The Balaban J connectivity index is 1.59. The molecule has 1 unspecified atom stereocenters. The van der Waals surface area contributed by atoms with Gasteiger partial charge in [-0.15, -0.1) is 11.3 Å². The monoisotopic (exact) mass is 426 g/mol. The molecule has 4 rings (SSSR count). The molecule has 0 saturated carbocycles. The molecule has 146 valence electrons. The molecular weight excluding hydrogens is 413 g/mol. The largest absolute Gasteiger partial charge is 0.417 e. The number of aromatic nitrogens is 1. The molecular formula is C18H14ClF3N4OS. The number of rotatable bonds is 2. The van der Waals surface area contributed by atoms with Crippen molar-refractivity contribution in [3.63, 3.8) is 0 Å². The average Bonchev–Trinajstić information content (AvgIpc) is 3.20. The number of amides is 1. The zero-order valence-corrected chi connectivity index (χ0v) is 15.9. The van der Waals surface area contributed by atoms with Gasteiger partial charge in [-0.2, -0.15) is 13.2 Å². The smallest absolute Gasteiger partial charge is 0.349 e. The maximum absolute atomic E-state index is 13.1. The van der Waals surface area contributed by atoms with E-state index in [0.717, 1.165) is 22.3 Å². The van der Waals surface area contributed by atoms with Gasteiger partial charge in [0.2, 0.25) is 0 Å². The molecule has 0 fully saturated rings. The molecule has 1 atom stereocenters. The van der Waals surface area contributed by atoms with Crippen LogP contribution in [-0.2, 0) is 6.18 Å². The van der Waals surface area contributed by atoms with Gasteiger partial charge in [0.05, 0.1) is 29.0 Å². The summed E-state index contributed by atoms with van der Waals surface area (Å²) >= 11 is 7.42. The van der Waals surface area contributed by atoms with Crippen LogP contribution in [0.25, 0.3) is 0 Å². The second-order valence-corrected chi connectivity index (χ2v) is 7.64. The van der Waals surface area contributed by atoms with Crippen LogP contribution < -0.4 is 5.32 Å². The quantitative estimate of drug-likeness (QED) is 0.779. The minimum absolute atomic E-state index is 0.151. The molecule has 2 aliphatic rings. The van der Waals surface area contributed by atoms with Gasteiger partial charge in [0.1, 0.15) is 11.0 Å². The molecule has 0 radical (unpaired) electrons. The van der Waals surface area contributed by atoms with E-state index in [1.807, 2.05) is 5.38 Å². The third kappa shape index (κ3) is 3.40. The molecule has 0 bridgehead atoms. The Morgan fingerprint density at radius 1 is 1.36 bits per heavy atom. The van der Waals surface area contributed by atoms with Gasteiger partial charge in [0.25, 0.3) is 5.91 Å². The molecule has 1 amide bonds. The van der Waals surface area contributed by atoms with Gasteiger partial charge >= 0.3 is 6.18 Å². The summed E-state index contributed by atoms with van der Waals surface area (Å²) in [5.74, 6) is -0.530. The highest BCUT2D eigenvalue weighted by Crippen LogP contribution is 2.38. The number of hydrogen-bond acceptors (Lipinski definition) is 5. The van der Waals surface area contributed by atoms with Crippen molar-refractivity contribution in [2.75, 3.05) is 13.1 Å². The Morgan fingerprint density at radius 2 is 2.18 bits per heavy atom. The number of nitrogens with one attached hydrogen (secondary N) is 1. The lowest BCUT2D eigenvalue weighted by atomic mass is 9.96. The van der Waals surface area contributed by atoms with Crippen molar-refractivity contribution in [2.24, 2.45) is 4.99 Å². The van der Waals surface area contributed by atoms with Crippen molar-refractivity contribution in [3.8, 4) is 0 Å². The third-order valence-electron chi connectivity index (χ3n) is 4.69. The highest BCUT2D eigenvalue weighted by atomic mass is 35.5. The van der Waals surface area contributed by atoms with E-state index >= 15 is 0 Å². The van der Waals surface area contributed by atoms with E-state index in [4.69, 9.17) is 11.6 Å². The Labute approximate surface area is 167 Å². The van der Waals surface area contributed by atoms with Crippen LogP contribution in [0.4, 0.5) is 13.2 Å². The molecule has 2 aliphatic heterocycles. The van der Waals surface area contributed by atoms with Crippen LogP contribution in [0.5, 0.6) is 0 Å². The van der Waals surface area contributed by atoms with Crippen LogP contribution in [0, 0.1) is 0 Å². The van der Waals surface area contributed by atoms with E-state index in [-0.39, 0.29) is 18.2 Å². The first kappa shape index (κ1) is 18.9. The maximum Gasteiger partial charge on any atom is 0.417 e. The fraction of sp³-hybridized carbons (Fsp3) is 0.278. The molecule has 1 aromatic heterocycles. The minimum Gasteiger partial charge on any atom is -0.349 e. The lowest BCUT2D eigenvalue weighted by molar-refractivity contribution is -0.137. The summed E-state index contributed by atoms with van der Waals surface area (Å²) < 4.78 is 39.3. The van der Waals surface area contributed by atoms with Gasteiger partial charge in [0, 0.05) is 23.8 Å². The van der Waals surface area contributed by atoms with Gasteiger partial charge in [-0.05, 0) is 24.1 Å². The molecule has 0 aliphatic carbocycles. The minimum atomic E-state index is -4.62. The Morgan fingerprint density at radius 3 is 2.89 bits per heavy atom. The van der Waals surface area contributed by atoms with E-state index < -0.39 is 22.7 Å². The van der Waals surface area contributed by atoms with E-state index in [2.05, 4.69) is 15.3 Å². The first-order valence-corrected chi connectivity index (χ1v) is 9.66. The molecule has 5 nitrogen and oxygen atoms in total. The number of halogens is 4. The topological polar surface area (TPSA) is 57.6 Å². The summed E-state index contributed by atoms with van der Waals surface area (Å²) in [6.45, 7) is 0.609. The van der Waals surface area contributed by atoms with Crippen LogP contribution in [0.3, 0.4) is 0 Å². The van der Waals surface area contributed by atoms with Crippen molar-refractivity contribution < 1.29 is 18.0 Å². The van der Waals surface area contributed by atoms with E-state index in [0.29, 0.717) is 13.0 Å². The second kappa shape index (κ2) is 7.21. The van der Waals surface area contributed by atoms with Crippen molar-refractivity contribution >= 4 is 35.2 Å². The number of hydrogen-bond donors (Lipinski definition) is 1. The lowest BCUT2D eigenvalue weighted by Crippen LogP contribution is -2.42. The van der Waals surface area contributed by atoms with E-state index in [9.17, 15) is 18.0 Å². The molecule has 10 heteroatoms. The summed E-state index contributed by atoms with van der Waals surface area (Å²) in [6, 6.07) is 3.19. The zero-order valence-electron chi connectivity index (χ0n) is 14.3. The molecule has 2 aromatic rings. The summed E-state index contributed by atoms with van der Waals surface area (Å²) in [7, 11) is 0. The molecule has 0 spiro atoms. The first-order chi connectivity index (χ1) is 13.4. The predicted octanol–water partition coefficient (Wildman–Crippen LogP) is 4.29. The highest BCUT2D eigenvalue weighted by molar-refractivity contribution is 7.09. The van der Waals surface area contributed by atoms with Crippen molar-refractivity contribution in [2.45, 2.75) is 18.6 Å². The van der Waals surface area contributed by atoms with Crippen molar-refractivity contribution in [1.82, 2.24) is 15.2 Å². The number of benzene rings is 1. The fourth-order valence-electron chi connectivity index (χ4n) is 3.34. The summed E-state index contributed by atoms with van der Waals surface area (Å²) in [5, 5.41) is 5.23. The van der Waals surface area contributed by atoms with Gasteiger partial charge in [-0.25, -0.2) is 4.98 Å². The predicted molar refractivity (Wildman–Crippen MR) is 100 cm³/mol. The van der Waals surface area contributed by atoms with Crippen LogP contribution in [0.15, 0.2) is 46.0 Å². The van der Waals surface area contributed by atoms with Crippen molar-refractivity contribution in [1.29, 1.82) is 0 Å². The SMILES string of the molecule is O=C(c1cccc(C(F)(F)F)c1Cl)N1CCC2=C(C1)NC=NC2c1nccs1. The van der Waals surface area contributed by atoms with Crippen LogP contribution in [-0.4, -0.2) is 35.2 Å². The standard InChI is InChI=1S/C18H14ClF3N4OS/c19-14-11(2-1-3-12(14)18(20,21)22)17(27)26-6-4-10-13(8-26)24-9-25-15(10)16-23-5-7-28-16/h1-3,5,7,9,15H,4,6,8H2,(H,24,25). The highest BCUT2D eigenvalue weighted by Gasteiger charge is 2.36. The average molecular weight is 427 g/mol. The summed E-state index contributed by atoms with van der Waals surface area (Å²) in [6.07, 6.45) is -0.790. The molecule has 3 heterocycles. The van der Waals surface area contributed by atoms with Crippen LogP contribution >= 0.6 is 22.9 Å². The van der Waals surface area contributed by atoms with E-state index in [1.165, 1.54) is 28.4 Å². The Hall–Kier alpha value is -2.39. The first-order valence-electron chi connectivity index (χ1n) is 8.40. The third-order valence-corrected chi connectivity index (χ3v) is 5.92. The number of thiazole rings is 1. The second-order valence-electron chi connectivity index (χ2n) is 6.34. The number of carbonyl (C=O) groups is 1. The fourth-order valence-corrected chi connectivity index (χ4v) is 4.37. The van der Waals surface area contributed by atoms with Gasteiger partial charge < -0.3 is 10.2 Å². The number of nitrogens with zero attached hydrogens (tertiary/aromatic N) is 3. The van der Waals surface area contributed by atoms with Gasteiger partial charge in [0.15, 0.2) is 0 Å². The van der Waals surface area contributed by atoms with Crippen LogP contribution in [0.2, 0.25) is 5.02 Å². The number of aliphatic imine (C=N–C) groups is 1. The maximum atomic E-state index is 13.1. The normalized spacial score (nSPS) is 19.4.